The molecular formula is C15H31NO2. The maximum Gasteiger partial charge on any atom is 0.252 e. The van der Waals surface area contributed by atoms with Gasteiger partial charge in [0.2, 0.25) is 0 Å². The molecule has 3 nitrogen and oxygen atoms in total. The molecule has 0 spiro atoms. The molecule has 1 rings (SSSR count). The number of nitrogens with zero attached hydrogens (tertiary/aromatic N) is 1. The topological polar surface area (TPSA) is 29.5 Å². The van der Waals surface area contributed by atoms with E-state index in [1.165, 1.54) is 0 Å². The van der Waals surface area contributed by atoms with Crippen molar-refractivity contribution < 1.29 is 9.53 Å². The van der Waals surface area contributed by atoms with Crippen molar-refractivity contribution in [2.75, 3.05) is 13.7 Å². The molecule has 1 amide bonds. The van der Waals surface area contributed by atoms with Gasteiger partial charge in [0.25, 0.3) is 5.91 Å². The van der Waals surface area contributed by atoms with Crippen LogP contribution in [0.1, 0.15) is 61.8 Å². The Balaban J connectivity index is 0. The third kappa shape index (κ3) is 4.81. The van der Waals surface area contributed by atoms with E-state index in [2.05, 4.69) is 0 Å². The maximum atomic E-state index is 11.9. The predicted octanol–water partition coefficient (Wildman–Crippen LogP) is 3.99. The number of methoxy groups -OCH3 is 1. The first kappa shape index (κ1) is 19.5. The molecule has 0 atom stereocenters. The van der Waals surface area contributed by atoms with Gasteiger partial charge in [0.15, 0.2) is 0 Å². The second-order valence-corrected chi connectivity index (χ2v) is 4.34. The van der Waals surface area contributed by atoms with Gasteiger partial charge in [-0.3, -0.25) is 4.79 Å². The molecule has 1 aliphatic rings. The number of carbonyl (C=O) groups is 1. The van der Waals surface area contributed by atoms with E-state index in [4.69, 9.17) is 4.74 Å². The van der Waals surface area contributed by atoms with Gasteiger partial charge in [-0.05, 0) is 34.1 Å². The molecule has 1 fully saturated rings. The van der Waals surface area contributed by atoms with E-state index in [-0.39, 0.29) is 5.91 Å². The second-order valence-electron chi connectivity index (χ2n) is 4.34. The SMILES string of the molecule is CC.CC.COC(C)(C)N1CCC(=C(C)C)C1=O. The molecule has 0 saturated carbocycles. The van der Waals surface area contributed by atoms with Gasteiger partial charge in [-0.25, -0.2) is 0 Å². The summed E-state index contributed by atoms with van der Waals surface area (Å²) in [5.74, 6) is 0.122. The maximum absolute atomic E-state index is 11.9. The van der Waals surface area contributed by atoms with Crippen molar-refractivity contribution in [3.63, 3.8) is 0 Å². The van der Waals surface area contributed by atoms with Crippen LogP contribution in [0.5, 0.6) is 0 Å². The number of amides is 1. The number of rotatable bonds is 2. The monoisotopic (exact) mass is 257 g/mol. The zero-order chi connectivity index (χ0) is 14.9. The molecule has 0 aromatic rings. The Labute approximate surface area is 113 Å². The van der Waals surface area contributed by atoms with Gasteiger partial charge >= 0.3 is 0 Å². The molecule has 1 saturated heterocycles. The highest BCUT2D eigenvalue weighted by Gasteiger charge is 2.37. The van der Waals surface area contributed by atoms with Crippen LogP contribution >= 0.6 is 0 Å². The first-order valence-electron chi connectivity index (χ1n) is 6.93. The Hall–Kier alpha value is -0.830. The van der Waals surface area contributed by atoms with Crippen LogP contribution in [0.4, 0.5) is 0 Å². The lowest BCUT2D eigenvalue weighted by Gasteiger charge is -2.33. The first-order valence-corrected chi connectivity index (χ1v) is 6.93. The minimum Gasteiger partial charge on any atom is -0.359 e. The van der Waals surface area contributed by atoms with Gasteiger partial charge in [-0.2, -0.15) is 0 Å². The van der Waals surface area contributed by atoms with Crippen molar-refractivity contribution in [2.24, 2.45) is 0 Å². The Morgan fingerprint density at radius 2 is 1.61 bits per heavy atom. The molecular weight excluding hydrogens is 226 g/mol. The molecule has 0 N–H and O–H groups in total. The average Bonchev–Trinajstić information content (AvgIpc) is 2.77. The quantitative estimate of drug-likeness (QED) is 0.700. The lowest BCUT2D eigenvalue weighted by Crippen LogP contribution is -2.46. The Bertz CT molecular complexity index is 276. The largest absolute Gasteiger partial charge is 0.359 e. The van der Waals surface area contributed by atoms with Crippen LogP contribution in [0.2, 0.25) is 0 Å². The van der Waals surface area contributed by atoms with Gasteiger partial charge in [0.05, 0.1) is 0 Å². The van der Waals surface area contributed by atoms with E-state index < -0.39 is 5.72 Å². The summed E-state index contributed by atoms with van der Waals surface area (Å²) in [7, 11) is 1.63. The van der Waals surface area contributed by atoms with Crippen molar-refractivity contribution in [1.82, 2.24) is 4.90 Å². The highest BCUT2D eigenvalue weighted by atomic mass is 16.5. The summed E-state index contributed by atoms with van der Waals surface area (Å²) >= 11 is 0. The minimum absolute atomic E-state index is 0.122. The number of allylic oxidation sites excluding steroid dienone is 1. The fourth-order valence-electron chi connectivity index (χ4n) is 1.68. The van der Waals surface area contributed by atoms with E-state index in [1.807, 2.05) is 55.4 Å². The van der Waals surface area contributed by atoms with Crippen LogP contribution in [0.15, 0.2) is 11.1 Å². The summed E-state index contributed by atoms with van der Waals surface area (Å²) in [5, 5.41) is 0. The summed E-state index contributed by atoms with van der Waals surface area (Å²) in [6.45, 7) is 16.6. The van der Waals surface area contributed by atoms with Crippen molar-refractivity contribution in [3.8, 4) is 0 Å². The molecule has 0 aromatic heterocycles. The summed E-state index contributed by atoms with van der Waals surface area (Å²) < 4.78 is 5.30. The van der Waals surface area contributed by atoms with Crippen molar-refractivity contribution in [1.29, 1.82) is 0 Å². The summed E-state index contributed by atoms with van der Waals surface area (Å²) in [6, 6.07) is 0. The molecule has 1 heterocycles. The lowest BCUT2D eigenvalue weighted by molar-refractivity contribution is -0.150. The van der Waals surface area contributed by atoms with Gasteiger partial charge in [-0.1, -0.05) is 33.3 Å². The Morgan fingerprint density at radius 3 is 1.89 bits per heavy atom. The average molecular weight is 257 g/mol. The number of hydrogen-bond donors (Lipinski definition) is 0. The van der Waals surface area contributed by atoms with Crippen LogP contribution in [0, 0.1) is 0 Å². The summed E-state index contributed by atoms with van der Waals surface area (Å²) in [4.78, 5) is 13.7. The summed E-state index contributed by atoms with van der Waals surface area (Å²) in [5.41, 5.74) is 1.56. The number of likely N-dealkylation sites (tertiary alicyclic amines) is 1. The van der Waals surface area contributed by atoms with Crippen LogP contribution in [0.3, 0.4) is 0 Å². The predicted molar refractivity (Wildman–Crippen MR) is 78.5 cm³/mol. The standard InChI is InChI=1S/C11H19NO2.2C2H6/c1-8(2)9-6-7-12(10(9)13)11(3,4)14-5;2*1-2/h6-7H2,1-5H3;2*1-2H3. The fraction of sp³-hybridized carbons (Fsp3) is 0.800. The van der Waals surface area contributed by atoms with Gasteiger partial charge in [-0.15, -0.1) is 0 Å². The molecule has 0 unspecified atom stereocenters. The van der Waals surface area contributed by atoms with Crippen LogP contribution in [-0.2, 0) is 9.53 Å². The van der Waals surface area contributed by atoms with E-state index in [1.54, 1.807) is 12.0 Å². The highest BCUT2D eigenvalue weighted by Crippen LogP contribution is 2.27. The fourth-order valence-corrected chi connectivity index (χ4v) is 1.68. The molecule has 0 bridgehead atoms. The molecule has 0 aliphatic carbocycles. The number of carbonyl (C=O) groups excluding carboxylic acids is 1. The molecule has 3 heteroatoms. The third-order valence-corrected chi connectivity index (χ3v) is 2.84. The third-order valence-electron chi connectivity index (χ3n) is 2.84. The van der Waals surface area contributed by atoms with Crippen LogP contribution < -0.4 is 0 Å². The Morgan fingerprint density at radius 1 is 1.17 bits per heavy atom. The molecule has 0 aromatic carbocycles. The minimum atomic E-state index is -0.492. The highest BCUT2D eigenvalue weighted by molar-refractivity contribution is 5.96. The smallest absolute Gasteiger partial charge is 0.252 e. The normalized spacial score (nSPS) is 14.6. The molecule has 1 aliphatic heterocycles. The Kier molecular flexibility index (Phi) is 9.91. The zero-order valence-electron chi connectivity index (χ0n) is 13.7. The number of hydrogen-bond acceptors (Lipinski definition) is 2. The molecule has 18 heavy (non-hydrogen) atoms. The molecule has 0 radical (unpaired) electrons. The van der Waals surface area contributed by atoms with E-state index in [9.17, 15) is 4.79 Å². The van der Waals surface area contributed by atoms with E-state index >= 15 is 0 Å². The van der Waals surface area contributed by atoms with Crippen LogP contribution in [0.25, 0.3) is 0 Å². The summed E-state index contributed by atoms with van der Waals surface area (Å²) in [6.07, 6.45) is 0.841. The van der Waals surface area contributed by atoms with E-state index in [0.717, 1.165) is 24.1 Å². The second kappa shape index (κ2) is 9.15. The lowest BCUT2D eigenvalue weighted by atomic mass is 10.1. The number of ether oxygens (including phenoxy) is 1. The first-order chi connectivity index (χ1) is 8.40. The van der Waals surface area contributed by atoms with Crippen molar-refractivity contribution in [2.45, 2.75) is 67.5 Å². The van der Waals surface area contributed by atoms with Gasteiger partial charge < -0.3 is 9.64 Å². The van der Waals surface area contributed by atoms with Gasteiger partial charge in [0.1, 0.15) is 5.72 Å². The van der Waals surface area contributed by atoms with Crippen LogP contribution in [-0.4, -0.2) is 30.2 Å². The molecule has 108 valence electrons. The van der Waals surface area contributed by atoms with Gasteiger partial charge in [0, 0.05) is 19.2 Å². The van der Waals surface area contributed by atoms with E-state index in [0.29, 0.717) is 0 Å². The van der Waals surface area contributed by atoms with Crippen molar-refractivity contribution in [3.05, 3.63) is 11.1 Å². The van der Waals surface area contributed by atoms with Crippen molar-refractivity contribution >= 4 is 5.91 Å². The zero-order valence-corrected chi connectivity index (χ0v) is 13.7.